The molecule has 7 fully saturated rings. The van der Waals surface area contributed by atoms with E-state index in [2.05, 4.69) is 24.3 Å². The van der Waals surface area contributed by atoms with Gasteiger partial charge in [0.25, 0.3) is 0 Å². The lowest BCUT2D eigenvalue weighted by molar-refractivity contribution is -0.237. The second kappa shape index (κ2) is 27.0. The third-order valence-corrected chi connectivity index (χ3v) is 23.3. The largest absolute Gasteiger partial charge is 0.497 e. The van der Waals surface area contributed by atoms with Crippen molar-refractivity contribution in [1.29, 1.82) is 0 Å². The van der Waals surface area contributed by atoms with Crippen LogP contribution in [0.1, 0.15) is 133 Å². The summed E-state index contributed by atoms with van der Waals surface area (Å²) in [5.41, 5.74) is 0.0863. The number of aliphatic hydroxyl groups is 8. The Labute approximate surface area is 564 Å². The lowest BCUT2D eigenvalue weighted by atomic mass is 9.44. The number of carbonyl (C=O) groups is 5. The predicted octanol–water partition coefficient (Wildman–Crippen LogP) is 7.92. The molecule has 0 aromatic heterocycles. The highest BCUT2D eigenvalue weighted by Crippen LogP contribution is 2.73. The number of nitrogen functional groups attached to an aromatic ring is 1. The predicted molar refractivity (Wildman–Crippen MR) is 355 cm³/mol. The normalized spacial score (nSPS) is 37.0. The summed E-state index contributed by atoms with van der Waals surface area (Å²) in [6.07, 6.45) is 3.30. The molecule has 18 nitrogen and oxygen atoms in total. The molecule has 0 amide bonds. The van der Waals surface area contributed by atoms with Gasteiger partial charge < -0.3 is 65.5 Å². The highest BCUT2D eigenvalue weighted by atomic mass is 19.1. The van der Waals surface area contributed by atoms with Crippen molar-refractivity contribution in [2.24, 2.45) is 45.3 Å². The van der Waals surface area contributed by atoms with Crippen LogP contribution >= 0.6 is 0 Å². The van der Waals surface area contributed by atoms with E-state index in [1.165, 1.54) is 47.6 Å². The number of hydrogen-bond donors (Lipinski definition) is 9. The summed E-state index contributed by atoms with van der Waals surface area (Å²) in [6, 6.07) is 31.5. The zero-order valence-corrected chi connectivity index (χ0v) is 56.5. The number of fused-ring (bicyclic) bond motifs is 12. The number of esters is 1. The number of ketones is 4. The van der Waals surface area contributed by atoms with Crippen molar-refractivity contribution < 1.29 is 92.6 Å². The molecule has 1 aliphatic heterocycles. The zero-order valence-electron chi connectivity index (χ0n) is 56.5. The zero-order chi connectivity index (χ0) is 70.8. The van der Waals surface area contributed by atoms with Crippen molar-refractivity contribution in [3.8, 4) is 5.75 Å². The van der Waals surface area contributed by atoms with Gasteiger partial charge in [-0.15, -0.1) is 0 Å². The monoisotopic (exact) mass is 1340 g/mol. The smallest absolute Gasteiger partial charge is 0.310 e. The van der Waals surface area contributed by atoms with E-state index in [0.717, 1.165) is 36.0 Å². The summed E-state index contributed by atoms with van der Waals surface area (Å²) in [4.78, 5) is 62.0. The van der Waals surface area contributed by atoms with Gasteiger partial charge in [-0.2, -0.15) is 0 Å². The Morgan fingerprint density at radius 2 is 1.13 bits per heavy atom. The van der Waals surface area contributed by atoms with Gasteiger partial charge in [-0.25, -0.2) is 8.78 Å². The van der Waals surface area contributed by atoms with E-state index < -0.39 is 135 Å². The van der Waals surface area contributed by atoms with Crippen molar-refractivity contribution in [3.05, 3.63) is 178 Å². The van der Waals surface area contributed by atoms with Crippen molar-refractivity contribution >= 4 is 34.8 Å². The molecule has 8 aliphatic carbocycles. The molecule has 0 spiro atoms. The first kappa shape index (κ1) is 72.8. The molecule has 522 valence electrons. The minimum absolute atomic E-state index is 0.000243. The van der Waals surface area contributed by atoms with Crippen LogP contribution in [0.3, 0.4) is 0 Å². The molecule has 18 atom stereocenters. The average Bonchev–Trinajstić information content (AvgIpc) is 1.63. The molecule has 20 heteroatoms. The van der Waals surface area contributed by atoms with Gasteiger partial charge in [-0.1, -0.05) is 98.8 Å². The van der Waals surface area contributed by atoms with Crippen molar-refractivity contribution in [2.45, 2.75) is 178 Å². The Kier molecular flexibility index (Phi) is 20.2. The second-order valence-electron chi connectivity index (χ2n) is 29.7. The molecular formula is C77H93F2NO17. The molecule has 0 unspecified atom stereocenters. The minimum atomic E-state index is -2.21. The molecular weight excluding hydrogens is 1250 g/mol. The number of rotatable bonds is 12. The number of benzene rings is 4. The molecule has 4 aromatic carbocycles. The number of carbonyl (C=O) groups excluding carboxylic acids is 5. The average molecular weight is 1340 g/mol. The van der Waals surface area contributed by atoms with Gasteiger partial charge in [0, 0.05) is 51.9 Å². The number of nitrogens with two attached hydrogens (primary N) is 1. The van der Waals surface area contributed by atoms with E-state index in [1.807, 2.05) is 100 Å². The molecule has 97 heavy (non-hydrogen) atoms. The van der Waals surface area contributed by atoms with E-state index in [0.29, 0.717) is 30.5 Å². The first-order valence-electron chi connectivity index (χ1n) is 33.3. The maximum Gasteiger partial charge on any atom is 0.310 e. The fourth-order valence-electron chi connectivity index (χ4n) is 18.7. The summed E-state index contributed by atoms with van der Waals surface area (Å²) in [7, 11) is 2.66. The summed E-state index contributed by atoms with van der Waals surface area (Å²) in [5.74, 6) is -3.94. The van der Waals surface area contributed by atoms with Crippen LogP contribution < -0.4 is 10.5 Å². The maximum atomic E-state index is 17.6. The van der Waals surface area contributed by atoms with Crippen LogP contribution in [0.2, 0.25) is 0 Å². The van der Waals surface area contributed by atoms with E-state index in [1.54, 1.807) is 27.9 Å². The van der Waals surface area contributed by atoms with Gasteiger partial charge in [-0.3, -0.25) is 24.0 Å². The number of aliphatic hydroxyl groups excluding tert-OH is 7. The maximum absolute atomic E-state index is 17.6. The quantitative estimate of drug-likeness (QED) is 0.0480. The Morgan fingerprint density at radius 3 is 1.65 bits per heavy atom. The molecule has 9 aliphatic rings. The van der Waals surface area contributed by atoms with Crippen molar-refractivity contribution in [1.82, 2.24) is 0 Å². The number of alkyl halides is 2. The number of ether oxygens (including phenoxy) is 4. The third kappa shape index (κ3) is 12.2. The second-order valence-corrected chi connectivity index (χ2v) is 29.7. The van der Waals surface area contributed by atoms with Gasteiger partial charge in [0.1, 0.15) is 30.2 Å². The molecule has 13 rings (SSSR count). The van der Waals surface area contributed by atoms with Crippen molar-refractivity contribution in [3.63, 3.8) is 0 Å². The van der Waals surface area contributed by atoms with Gasteiger partial charge in [0.05, 0.1) is 44.1 Å². The number of allylic oxidation sites excluding steroid dienone is 6. The Hall–Kier alpha value is -6.95. The topological polar surface area (TPSA) is 310 Å². The summed E-state index contributed by atoms with van der Waals surface area (Å²) in [6.45, 7) is 10.7. The third-order valence-electron chi connectivity index (χ3n) is 23.3. The number of methoxy groups -OCH3 is 1. The van der Waals surface area contributed by atoms with Gasteiger partial charge >= 0.3 is 5.97 Å². The summed E-state index contributed by atoms with van der Waals surface area (Å²) >= 11 is 0. The SMILES string of the molecule is CO.COc1ccc(Cc2cccc(CC(=O)OC(C)(C)C)c2)cc1.C[C@]12C=CC(=O)C=C1[C@H](O)C[C@H]1[C@@H]3CC[C@](O)(C(=O)CO)[C@@]3(C)C[C@H](O)[C@@]12F.C[C@]12C=CC(=O)C=C1[C@H](O)C[C@H]1[C@@H]3C[C@H]4O[C@@H](c5ccc(Cc6cccc(N)c6)cc5)O[C@@]4(C(=O)CO)[C@@]3(C)C[C@H](O)[C@@]12F. The summed E-state index contributed by atoms with van der Waals surface area (Å²) < 4.78 is 58.0. The lowest BCUT2D eigenvalue weighted by Gasteiger charge is -2.63. The minimum Gasteiger partial charge on any atom is -0.497 e. The van der Waals surface area contributed by atoms with Crippen LogP contribution in [0, 0.1) is 45.3 Å². The van der Waals surface area contributed by atoms with Gasteiger partial charge in [0.2, 0.25) is 0 Å². The van der Waals surface area contributed by atoms with E-state index in [-0.39, 0.29) is 67.2 Å². The van der Waals surface area contributed by atoms with Crippen LogP contribution in [0.5, 0.6) is 5.75 Å². The van der Waals surface area contributed by atoms with Crippen LogP contribution in [0.25, 0.3) is 0 Å². The van der Waals surface area contributed by atoms with Gasteiger partial charge in [-0.05, 0) is 192 Å². The number of anilines is 1. The van der Waals surface area contributed by atoms with E-state index >= 15 is 8.78 Å². The number of hydrogen-bond acceptors (Lipinski definition) is 18. The molecule has 10 N–H and O–H groups in total. The Bertz CT molecular complexity index is 3790. The van der Waals surface area contributed by atoms with Crippen molar-refractivity contribution in [2.75, 3.05) is 33.2 Å². The first-order valence-corrected chi connectivity index (χ1v) is 33.3. The number of Topliss-reactive ketones (excluding diaryl/α,β-unsaturated/α-hetero) is 2. The molecule has 0 radical (unpaired) electrons. The van der Waals surface area contributed by atoms with Crippen LogP contribution in [0.15, 0.2) is 145 Å². The van der Waals surface area contributed by atoms with Crippen LogP contribution in [-0.2, 0) is 57.4 Å². The first-order chi connectivity index (χ1) is 45.7. The van der Waals surface area contributed by atoms with E-state index in [4.69, 9.17) is 29.8 Å². The van der Waals surface area contributed by atoms with Gasteiger partial charge in [0.15, 0.2) is 46.4 Å². The molecule has 1 heterocycles. The standard InChI is InChI=1S/C35H38FNO7.C21H27FO6.C20H24O3.CH4O/c1-32-11-10-23(39)14-26(32)27(40)15-25-24-16-30-35(29(42)18-38,33(24,2)17-28(41)34(25,32)36)44-31(43-30)21-8-6-19(7-9-21)12-20-4-3-5-22(37)13-20;1-18-5-3-11(24)7-14(18)15(25)8-13-12-4-6-20(28,17(27)10-23)19(12,2)9-16(26)21(13,18)22;1-20(2,3)23-19(21)14-17-7-5-6-16(13-17)12-15-8-10-18(22-4)11-9-15;1-2/h3-11,13-14,24-25,27-28,30-31,38,40-41H,12,15-18,37H2,1-2H3;3,5,7,12-13,15-16,23,25-26,28H,4,6,8-10H2,1-2H3;5-11,13H,12,14H2,1-4H3;2H,1H3/t24-,25-,27+,28-,30+,31+,32-,33-,34-,35+;12-,13-,15+,16-,18-,19-,20-,21-;;/m00../s1. The lowest BCUT2D eigenvalue weighted by Crippen LogP contribution is -2.71. The molecule has 1 saturated heterocycles. The fraction of sp³-hybridized carbons (Fsp3) is 0.519. The van der Waals surface area contributed by atoms with E-state index in [9.17, 15) is 59.7 Å². The molecule has 0 bridgehead atoms. The summed E-state index contributed by atoms with van der Waals surface area (Å²) in [5, 5.41) is 82.3. The highest BCUT2D eigenvalue weighted by Gasteiger charge is 2.80. The Morgan fingerprint density at radius 1 is 0.639 bits per heavy atom. The Balaban J connectivity index is 0.000000166. The number of halogens is 2. The molecule has 4 aromatic rings. The van der Waals surface area contributed by atoms with Crippen LogP contribution in [0.4, 0.5) is 14.5 Å². The highest BCUT2D eigenvalue weighted by molar-refractivity contribution is 6.02. The fourth-order valence-corrected chi connectivity index (χ4v) is 18.7. The van der Waals surface area contributed by atoms with Crippen LogP contribution in [-0.4, -0.2) is 156 Å². The molecule has 6 saturated carbocycles.